The minimum atomic E-state index is -0.367. The van der Waals surface area contributed by atoms with Gasteiger partial charge in [0.25, 0.3) is 0 Å². The normalized spacial score (nSPS) is 10.8. The van der Waals surface area contributed by atoms with Crippen LogP contribution in [-0.2, 0) is 4.74 Å². The highest BCUT2D eigenvalue weighted by Crippen LogP contribution is 2.26. The molecule has 2 aromatic carbocycles. The van der Waals surface area contributed by atoms with Crippen molar-refractivity contribution >= 4 is 16.9 Å². The van der Waals surface area contributed by atoms with Gasteiger partial charge in [-0.1, -0.05) is 6.07 Å². The average molecular weight is 283 g/mol. The Kier molecular flexibility index (Phi) is 3.22. The molecule has 1 aromatic heterocycles. The largest absolute Gasteiger partial charge is 0.465 e. The van der Waals surface area contributed by atoms with Gasteiger partial charge in [-0.2, -0.15) is 0 Å². The topological polar surface area (TPSA) is 31.2 Å². The van der Waals surface area contributed by atoms with E-state index in [-0.39, 0.29) is 11.8 Å². The number of carbonyl (C=O) groups is 1. The number of aromatic nitrogens is 1. The van der Waals surface area contributed by atoms with Crippen molar-refractivity contribution < 1.29 is 13.9 Å². The van der Waals surface area contributed by atoms with Crippen LogP contribution in [0.2, 0.25) is 0 Å². The number of hydrogen-bond acceptors (Lipinski definition) is 2. The van der Waals surface area contributed by atoms with Gasteiger partial charge >= 0.3 is 5.97 Å². The maximum Gasteiger partial charge on any atom is 0.338 e. The molecule has 3 nitrogen and oxygen atoms in total. The summed E-state index contributed by atoms with van der Waals surface area (Å²) in [6.45, 7) is 1.86. The molecule has 106 valence electrons. The quantitative estimate of drug-likeness (QED) is 0.669. The number of methoxy groups -OCH3 is 1. The van der Waals surface area contributed by atoms with Crippen molar-refractivity contribution in [2.75, 3.05) is 7.11 Å². The van der Waals surface area contributed by atoms with Crippen molar-refractivity contribution in [1.29, 1.82) is 0 Å². The molecular weight excluding hydrogens is 269 g/mol. The first-order valence-corrected chi connectivity index (χ1v) is 6.56. The van der Waals surface area contributed by atoms with E-state index in [9.17, 15) is 9.18 Å². The van der Waals surface area contributed by atoms with Crippen LogP contribution in [0.1, 0.15) is 15.9 Å². The van der Waals surface area contributed by atoms with E-state index in [4.69, 9.17) is 4.74 Å². The Balaban J connectivity index is 2.24. The van der Waals surface area contributed by atoms with E-state index >= 15 is 0 Å². The van der Waals surface area contributed by atoms with Crippen LogP contribution in [0.25, 0.3) is 16.6 Å². The second kappa shape index (κ2) is 5.05. The van der Waals surface area contributed by atoms with E-state index in [2.05, 4.69) is 0 Å². The highest BCUT2D eigenvalue weighted by atomic mass is 19.1. The van der Waals surface area contributed by atoms with Crippen LogP contribution in [0.3, 0.4) is 0 Å². The summed E-state index contributed by atoms with van der Waals surface area (Å²) in [5.74, 6) is -0.628. The fraction of sp³-hybridized carbons (Fsp3) is 0.118. The van der Waals surface area contributed by atoms with E-state index in [0.29, 0.717) is 5.56 Å². The summed E-state index contributed by atoms with van der Waals surface area (Å²) in [6.07, 6.45) is 1.87. The van der Waals surface area contributed by atoms with Gasteiger partial charge in [0.15, 0.2) is 0 Å². The number of benzene rings is 2. The van der Waals surface area contributed by atoms with E-state index in [1.165, 1.54) is 19.2 Å². The minimum absolute atomic E-state index is 0.261. The Morgan fingerprint density at radius 1 is 1.19 bits per heavy atom. The maximum atomic E-state index is 13.2. The standard InChI is InChI=1S/C17H14FNO2/c1-11-10-12(18)6-7-15(11)19-9-8-13-14(17(20)21-2)4-3-5-16(13)19/h3-10H,1-2H3. The molecule has 0 spiro atoms. The van der Waals surface area contributed by atoms with Gasteiger partial charge in [0.05, 0.1) is 18.2 Å². The molecule has 0 radical (unpaired) electrons. The van der Waals surface area contributed by atoms with Crippen molar-refractivity contribution in [2.45, 2.75) is 6.92 Å². The third-order valence-electron chi connectivity index (χ3n) is 3.56. The number of esters is 1. The molecule has 0 unspecified atom stereocenters. The molecule has 3 rings (SSSR count). The number of hydrogen-bond donors (Lipinski definition) is 0. The Hall–Kier alpha value is -2.62. The zero-order valence-corrected chi connectivity index (χ0v) is 11.8. The summed E-state index contributed by atoms with van der Waals surface area (Å²) in [4.78, 5) is 11.8. The smallest absolute Gasteiger partial charge is 0.338 e. The molecule has 4 heteroatoms. The monoisotopic (exact) mass is 283 g/mol. The fourth-order valence-electron chi connectivity index (χ4n) is 2.55. The highest BCUT2D eigenvalue weighted by Gasteiger charge is 2.13. The Morgan fingerprint density at radius 3 is 2.71 bits per heavy atom. The first-order valence-electron chi connectivity index (χ1n) is 6.56. The predicted molar refractivity (Wildman–Crippen MR) is 79.3 cm³/mol. The van der Waals surface area contributed by atoms with Crippen molar-refractivity contribution in [1.82, 2.24) is 4.57 Å². The van der Waals surface area contributed by atoms with Crippen molar-refractivity contribution in [3.63, 3.8) is 0 Å². The van der Waals surface area contributed by atoms with Gasteiger partial charge in [-0.25, -0.2) is 9.18 Å². The Bertz CT molecular complexity index is 836. The first-order chi connectivity index (χ1) is 10.1. The van der Waals surface area contributed by atoms with E-state index in [1.807, 2.05) is 35.9 Å². The zero-order valence-electron chi connectivity index (χ0n) is 11.8. The number of rotatable bonds is 2. The van der Waals surface area contributed by atoms with Crippen molar-refractivity contribution in [3.05, 3.63) is 65.6 Å². The molecule has 0 saturated carbocycles. The molecule has 3 aromatic rings. The maximum absolute atomic E-state index is 13.2. The van der Waals surface area contributed by atoms with E-state index < -0.39 is 0 Å². The summed E-state index contributed by atoms with van der Waals surface area (Å²) in [6, 6.07) is 12.0. The number of nitrogens with zero attached hydrogens (tertiary/aromatic N) is 1. The van der Waals surface area contributed by atoms with Gasteiger partial charge in [0.2, 0.25) is 0 Å². The third-order valence-corrected chi connectivity index (χ3v) is 3.56. The summed E-state index contributed by atoms with van der Waals surface area (Å²) in [5.41, 5.74) is 3.12. The second-order valence-electron chi connectivity index (χ2n) is 4.85. The summed E-state index contributed by atoms with van der Waals surface area (Å²) < 4.78 is 20.0. The predicted octanol–water partition coefficient (Wildman–Crippen LogP) is 3.86. The highest BCUT2D eigenvalue weighted by molar-refractivity contribution is 6.04. The number of fused-ring (bicyclic) bond motifs is 1. The fourth-order valence-corrected chi connectivity index (χ4v) is 2.55. The van der Waals surface area contributed by atoms with Crippen LogP contribution >= 0.6 is 0 Å². The van der Waals surface area contributed by atoms with Gasteiger partial charge in [0, 0.05) is 17.3 Å². The lowest BCUT2D eigenvalue weighted by Crippen LogP contribution is -2.02. The molecule has 0 fully saturated rings. The molecule has 21 heavy (non-hydrogen) atoms. The molecular formula is C17H14FNO2. The molecule has 1 heterocycles. The Labute approximate surface area is 121 Å². The lowest BCUT2D eigenvalue weighted by atomic mass is 10.1. The summed E-state index contributed by atoms with van der Waals surface area (Å²) in [7, 11) is 1.36. The molecule has 0 amide bonds. The summed E-state index contributed by atoms with van der Waals surface area (Å²) >= 11 is 0. The average Bonchev–Trinajstić information content (AvgIpc) is 2.90. The molecule has 0 atom stereocenters. The van der Waals surface area contributed by atoms with E-state index in [0.717, 1.165) is 22.2 Å². The van der Waals surface area contributed by atoms with Gasteiger partial charge in [-0.15, -0.1) is 0 Å². The van der Waals surface area contributed by atoms with Crippen molar-refractivity contribution in [2.24, 2.45) is 0 Å². The number of halogens is 1. The summed E-state index contributed by atoms with van der Waals surface area (Å²) in [5, 5.41) is 0.813. The number of aryl methyl sites for hydroxylation is 1. The van der Waals surface area contributed by atoms with Gasteiger partial charge < -0.3 is 9.30 Å². The molecule has 0 bridgehead atoms. The van der Waals surface area contributed by atoms with Gasteiger partial charge in [-0.3, -0.25) is 0 Å². The SMILES string of the molecule is COC(=O)c1cccc2c1ccn2-c1ccc(F)cc1C. The van der Waals surface area contributed by atoms with Gasteiger partial charge in [-0.05, 0) is 48.9 Å². The van der Waals surface area contributed by atoms with Crippen LogP contribution in [0, 0.1) is 12.7 Å². The van der Waals surface area contributed by atoms with Crippen LogP contribution < -0.4 is 0 Å². The van der Waals surface area contributed by atoms with Crippen LogP contribution in [0.15, 0.2) is 48.7 Å². The Morgan fingerprint density at radius 2 is 2.00 bits per heavy atom. The zero-order chi connectivity index (χ0) is 15.0. The number of ether oxygens (including phenoxy) is 1. The lowest BCUT2D eigenvalue weighted by molar-refractivity contribution is 0.0603. The van der Waals surface area contributed by atoms with Crippen LogP contribution in [0.4, 0.5) is 4.39 Å². The minimum Gasteiger partial charge on any atom is -0.465 e. The van der Waals surface area contributed by atoms with Crippen LogP contribution in [0.5, 0.6) is 0 Å². The molecule has 0 aliphatic heterocycles. The van der Waals surface area contributed by atoms with Gasteiger partial charge in [0.1, 0.15) is 5.82 Å². The number of carbonyl (C=O) groups excluding carboxylic acids is 1. The second-order valence-corrected chi connectivity index (χ2v) is 4.85. The van der Waals surface area contributed by atoms with Crippen LogP contribution in [-0.4, -0.2) is 17.6 Å². The van der Waals surface area contributed by atoms with E-state index in [1.54, 1.807) is 12.1 Å². The van der Waals surface area contributed by atoms with Crippen molar-refractivity contribution in [3.8, 4) is 5.69 Å². The molecule has 0 saturated heterocycles. The third kappa shape index (κ3) is 2.18. The molecule has 0 aliphatic rings. The molecule has 0 N–H and O–H groups in total. The first kappa shape index (κ1) is 13.4. The lowest BCUT2D eigenvalue weighted by Gasteiger charge is -2.10. The molecule has 0 aliphatic carbocycles.